The lowest BCUT2D eigenvalue weighted by Gasteiger charge is -2.33. The molecular formula is C14H21FN2O2S. The fourth-order valence-corrected chi connectivity index (χ4v) is 3.27. The number of benzene rings is 1. The van der Waals surface area contributed by atoms with Crippen LogP contribution in [0.1, 0.15) is 12.8 Å². The van der Waals surface area contributed by atoms with Crippen LogP contribution in [0, 0.1) is 11.7 Å². The number of nitrogens with one attached hydrogen (secondary N) is 1. The molecule has 1 aromatic carbocycles. The molecule has 20 heavy (non-hydrogen) atoms. The van der Waals surface area contributed by atoms with Crippen LogP contribution in [0.5, 0.6) is 0 Å². The molecule has 0 unspecified atom stereocenters. The summed E-state index contributed by atoms with van der Waals surface area (Å²) in [5.74, 6) is 0.176. The highest BCUT2D eigenvalue weighted by molar-refractivity contribution is 7.90. The first-order valence-electron chi connectivity index (χ1n) is 6.81. The van der Waals surface area contributed by atoms with E-state index in [-0.39, 0.29) is 4.90 Å². The third kappa shape index (κ3) is 3.49. The molecule has 4 nitrogen and oxygen atoms in total. The van der Waals surface area contributed by atoms with E-state index in [4.69, 9.17) is 0 Å². The van der Waals surface area contributed by atoms with Crippen molar-refractivity contribution in [3.8, 4) is 0 Å². The topological polar surface area (TPSA) is 49.4 Å². The van der Waals surface area contributed by atoms with Crippen molar-refractivity contribution in [2.75, 3.05) is 37.8 Å². The highest BCUT2D eigenvalue weighted by Gasteiger charge is 2.21. The van der Waals surface area contributed by atoms with Crippen molar-refractivity contribution in [2.24, 2.45) is 5.92 Å². The van der Waals surface area contributed by atoms with Gasteiger partial charge < -0.3 is 10.2 Å². The minimum atomic E-state index is -3.36. The number of anilines is 1. The second kappa shape index (κ2) is 6.10. The Bertz CT molecular complexity index is 567. The van der Waals surface area contributed by atoms with E-state index in [9.17, 15) is 12.8 Å². The monoisotopic (exact) mass is 300 g/mol. The van der Waals surface area contributed by atoms with Crippen molar-refractivity contribution in [1.82, 2.24) is 5.32 Å². The largest absolute Gasteiger partial charge is 0.369 e. The summed E-state index contributed by atoms with van der Waals surface area (Å²) in [6.07, 6.45) is 3.13. The molecule has 1 aliphatic heterocycles. The molecular weight excluding hydrogens is 279 g/mol. The van der Waals surface area contributed by atoms with Gasteiger partial charge in [-0.25, -0.2) is 12.8 Å². The summed E-state index contributed by atoms with van der Waals surface area (Å²) in [4.78, 5) is 2.02. The summed E-state index contributed by atoms with van der Waals surface area (Å²) in [6, 6.07) is 4.17. The molecule has 0 atom stereocenters. The van der Waals surface area contributed by atoms with E-state index in [1.54, 1.807) is 6.07 Å². The lowest BCUT2D eigenvalue weighted by Crippen LogP contribution is -2.37. The summed E-state index contributed by atoms with van der Waals surface area (Å²) in [6.45, 7) is 2.60. The van der Waals surface area contributed by atoms with Crippen LogP contribution < -0.4 is 10.2 Å². The third-order valence-electron chi connectivity index (χ3n) is 3.80. The minimum absolute atomic E-state index is 0.0313. The molecule has 0 radical (unpaired) electrons. The average Bonchev–Trinajstić information content (AvgIpc) is 2.39. The van der Waals surface area contributed by atoms with Gasteiger partial charge in [0.2, 0.25) is 0 Å². The molecule has 0 amide bonds. The second-order valence-electron chi connectivity index (χ2n) is 5.37. The molecule has 0 saturated carbocycles. The van der Waals surface area contributed by atoms with Crippen LogP contribution in [0.4, 0.5) is 10.1 Å². The summed E-state index contributed by atoms with van der Waals surface area (Å²) in [7, 11) is -1.42. The Morgan fingerprint density at radius 2 is 2.00 bits per heavy atom. The maximum atomic E-state index is 14.1. The molecule has 1 saturated heterocycles. The zero-order valence-electron chi connectivity index (χ0n) is 11.9. The summed E-state index contributed by atoms with van der Waals surface area (Å²) < 4.78 is 36.9. The van der Waals surface area contributed by atoms with Gasteiger partial charge in [-0.3, -0.25) is 0 Å². The fourth-order valence-electron chi connectivity index (χ4n) is 2.64. The van der Waals surface area contributed by atoms with Crippen molar-refractivity contribution < 1.29 is 12.8 Å². The maximum Gasteiger partial charge on any atom is 0.175 e. The molecule has 6 heteroatoms. The first-order valence-corrected chi connectivity index (χ1v) is 8.70. The van der Waals surface area contributed by atoms with Crippen LogP contribution in [0.15, 0.2) is 23.1 Å². The van der Waals surface area contributed by atoms with Gasteiger partial charge in [0, 0.05) is 19.3 Å². The average molecular weight is 300 g/mol. The van der Waals surface area contributed by atoms with Crippen molar-refractivity contribution in [3.63, 3.8) is 0 Å². The van der Waals surface area contributed by atoms with Crippen molar-refractivity contribution in [3.05, 3.63) is 24.0 Å². The van der Waals surface area contributed by atoms with Crippen LogP contribution in [0.2, 0.25) is 0 Å². The Morgan fingerprint density at radius 3 is 2.50 bits per heavy atom. The van der Waals surface area contributed by atoms with E-state index >= 15 is 0 Å². The van der Waals surface area contributed by atoms with Crippen molar-refractivity contribution in [2.45, 2.75) is 17.7 Å². The van der Waals surface area contributed by atoms with Crippen LogP contribution in [-0.4, -0.2) is 41.4 Å². The number of nitrogens with zero attached hydrogens (tertiary/aromatic N) is 1. The zero-order chi connectivity index (χ0) is 14.8. The van der Waals surface area contributed by atoms with Gasteiger partial charge in [-0.1, -0.05) is 0 Å². The molecule has 0 aliphatic carbocycles. The molecule has 0 bridgehead atoms. The highest BCUT2D eigenvalue weighted by atomic mass is 32.2. The first kappa shape index (κ1) is 15.3. The molecule has 112 valence electrons. The standard InChI is InChI=1S/C14H21FN2O2S/c1-16-10-11-5-7-17(8-6-11)14-4-3-12(9-13(14)15)20(2,18)19/h3-4,9,11,16H,5-8,10H2,1-2H3. The Balaban J connectivity index is 2.11. The predicted octanol–water partition coefficient (Wildman–Crippen LogP) is 1.67. The molecule has 1 aromatic rings. The van der Waals surface area contributed by atoms with E-state index in [1.165, 1.54) is 6.07 Å². The Hall–Kier alpha value is -1.14. The summed E-state index contributed by atoms with van der Waals surface area (Å²) in [5.41, 5.74) is 0.500. The van der Waals surface area contributed by atoms with Gasteiger partial charge in [-0.2, -0.15) is 0 Å². The predicted molar refractivity (Wildman–Crippen MR) is 78.4 cm³/mol. The minimum Gasteiger partial charge on any atom is -0.369 e. The smallest absolute Gasteiger partial charge is 0.175 e. The molecule has 1 heterocycles. The first-order chi connectivity index (χ1) is 9.41. The third-order valence-corrected chi connectivity index (χ3v) is 4.91. The summed E-state index contributed by atoms with van der Waals surface area (Å²) in [5, 5.41) is 3.17. The van der Waals surface area contributed by atoms with E-state index in [1.807, 2.05) is 11.9 Å². The second-order valence-corrected chi connectivity index (χ2v) is 7.39. The number of rotatable bonds is 4. The van der Waals surface area contributed by atoms with E-state index < -0.39 is 15.7 Å². The van der Waals surface area contributed by atoms with E-state index in [2.05, 4.69) is 5.32 Å². The summed E-state index contributed by atoms with van der Waals surface area (Å²) >= 11 is 0. The molecule has 1 aliphatic rings. The van der Waals surface area contributed by atoms with Crippen LogP contribution in [0.3, 0.4) is 0 Å². The number of halogens is 1. The number of hydrogen-bond acceptors (Lipinski definition) is 4. The molecule has 1 fully saturated rings. The van der Waals surface area contributed by atoms with Gasteiger partial charge in [0.05, 0.1) is 10.6 Å². The fraction of sp³-hybridized carbons (Fsp3) is 0.571. The number of hydrogen-bond donors (Lipinski definition) is 1. The van der Waals surface area contributed by atoms with Gasteiger partial charge in [-0.05, 0) is 50.6 Å². The van der Waals surface area contributed by atoms with Gasteiger partial charge in [0.25, 0.3) is 0 Å². The Kier molecular flexibility index (Phi) is 4.65. The van der Waals surface area contributed by atoms with Gasteiger partial charge >= 0.3 is 0 Å². The number of piperidine rings is 1. The van der Waals surface area contributed by atoms with E-state index in [0.29, 0.717) is 11.6 Å². The lowest BCUT2D eigenvalue weighted by atomic mass is 9.96. The Labute approximate surface area is 119 Å². The maximum absolute atomic E-state index is 14.1. The SMILES string of the molecule is CNCC1CCN(c2ccc(S(C)(=O)=O)cc2F)CC1. The van der Waals surface area contributed by atoms with Gasteiger partial charge in [0.1, 0.15) is 5.82 Å². The number of sulfone groups is 1. The molecule has 1 N–H and O–H groups in total. The lowest BCUT2D eigenvalue weighted by molar-refractivity contribution is 0.391. The zero-order valence-corrected chi connectivity index (χ0v) is 12.7. The van der Waals surface area contributed by atoms with Gasteiger partial charge in [0.15, 0.2) is 9.84 Å². The molecule has 2 rings (SSSR count). The highest BCUT2D eigenvalue weighted by Crippen LogP contribution is 2.27. The normalized spacial score (nSPS) is 17.4. The molecule has 0 aromatic heterocycles. The Morgan fingerprint density at radius 1 is 1.35 bits per heavy atom. The quantitative estimate of drug-likeness (QED) is 0.919. The van der Waals surface area contributed by atoms with Crippen LogP contribution in [-0.2, 0) is 9.84 Å². The van der Waals surface area contributed by atoms with Crippen molar-refractivity contribution in [1.29, 1.82) is 0 Å². The van der Waals surface area contributed by atoms with Gasteiger partial charge in [-0.15, -0.1) is 0 Å². The molecule has 0 spiro atoms. The van der Waals surface area contributed by atoms with E-state index in [0.717, 1.165) is 44.8 Å². The van der Waals surface area contributed by atoms with Crippen LogP contribution in [0.25, 0.3) is 0 Å². The van der Waals surface area contributed by atoms with Crippen LogP contribution >= 0.6 is 0 Å². The van der Waals surface area contributed by atoms with Crippen molar-refractivity contribution >= 4 is 15.5 Å².